The molecule has 0 fully saturated rings. The highest BCUT2D eigenvalue weighted by Gasteiger charge is 2.32. The first kappa shape index (κ1) is 32.2. The van der Waals surface area contributed by atoms with Crippen molar-refractivity contribution in [2.75, 3.05) is 19.0 Å². The summed E-state index contributed by atoms with van der Waals surface area (Å²) >= 11 is 0. The van der Waals surface area contributed by atoms with Crippen LogP contribution in [0.25, 0.3) is 0 Å². The van der Waals surface area contributed by atoms with Crippen molar-refractivity contribution in [3.63, 3.8) is 0 Å². The lowest BCUT2D eigenvalue weighted by atomic mass is 10.1. The van der Waals surface area contributed by atoms with Crippen LogP contribution < -0.4 is 4.72 Å². The Hall–Kier alpha value is -0.800. The fourth-order valence-corrected chi connectivity index (χ4v) is 5.85. The van der Waals surface area contributed by atoms with Crippen LogP contribution in [0.15, 0.2) is 30.3 Å². The van der Waals surface area contributed by atoms with E-state index in [9.17, 15) is 23.0 Å². The molecule has 8 nitrogen and oxygen atoms in total. The number of aliphatic hydroxyl groups excluding tert-OH is 1. The molecule has 0 saturated carbocycles. The Kier molecular flexibility index (Phi) is 17.0. The van der Waals surface area contributed by atoms with E-state index in [-0.39, 0.29) is 25.6 Å². The molecule has 35 heavy (non-hydrogen) atoms. The van der Waals surface area contributed by atoms with Gasteiger partial charge in [0.2, 0.25) is 10.0 Å². The Labute approximate surface area is 212 Å². The fourth-order valence-electron chi connectivity index (χ4n) is 3.60. The third kappa shape index (κ3) is 15.8. The quantitative estimate of drug-likeness (QED) is 0.135. The molecule has 1 aromatic carbocycles. The number of benzene rings is 1. The standard InChI is InChI=1S/C25H46NO7PS/c1-3-5-7-8-9-10-11-15-19-35(30,31)26-24(18-6-4-2)21-33-34(28,29)25(27)22-32-20-23-16-13-12-14-17-23/h12-14,16-17,24-27H,3-11,15,18-22H2,1-2H3,(H,28,29)/t24-,25?/m1/s1. The van der Waals surface area contributed by atoms with Gasteiger partial charge in [-0.1, -0.05) is 102 Å². The monoisotopic (exact) mass is 535 g/mol. The maximum absolute atomic E-state index is 12.5. The molecule has 0 radical (unpaired) electrons. The molecule has 1 rings (SSSR count). The van der Waals surface area contributed by atoms with Gasteiger partial charge in [0.05, 0.1) is 25.6 Å². The van der Waals surface area contributed by atoms with Gasteiger partial charge in [-0.15, -0.1) is 0 Å². The summed E-state index contributed by atoms with van der Waals surface area (Å²) < 4.78 is 50.7. The number of aliphatic hydroxyl groups is 1. The number of hydrogen-bond donors (Lipinski definition) is 3. The van der Waals surface area contributed by atoms with Crippen LogP contribution in [0.5, 0.6) is 0 Å². The molecule has 1 aromatic rings. The molecule has 0 aliphatic rings. The molecule has 0 saturated heterocycles. The summed E-state index contributed by atoms with van der Waals surface area (Å²) in [7, 11) is -7.94. The molecule has 0 spiro atoms. The van der Waals surface area contributed by atoms with Crippen molar-refractivity contribution in [2.24, 2.45) is 0 Å². The lowest BCUT2D eigenvalue weighted by molar-refractivity contribution is 0.0471. The molecular formula is C25H46NO7PS. The van der Waals surface area contributed by atoms with Gasteiger partial charge in [0.1, 0.15) is 0 Å². The average molecular weight is 536 g/mol. The summed E-state index contributed by atoms with van der Waals surface area (Å²) in [4.78, 5) is 10.2. The van der Waals surface area contributed by atoms with E-state index >= 15 is 0 Å². The van der Waals surface area contributed by atoms with Crippen LogP contribution in [0.4, 0.5) is 0 Å². The second-order valence-electron chi connectivity index (χ2n) is 9.09. The Morgan fingerprint density at radius 3 is 2.14 bits per heavy atom. The molecule has 0 amide bonds. The summed E-state index contributed by atoms with van der Waals surface area (Å²) in [5, 5.41) is 10.1. The minimum Gasteiger partial charge on any atom is -0.378 e. The summed E-state index contributed by atoms with van der Waals surface area (Å²) in [6.45, 7) is 3.69. The van der Waals surface area contributed by atoms with E-state index in [1.807, 2.05) is 37.3 Å². The predicted molar refractivity (Wildman–Crippen MR) is 141 cm³/mol. The van der Waals surface area contributed by atoms with Crippen molar-refractivity contribution in [1.29, 1.82) is 0 Å². The van der Waals surface area contributed by atoms with Crippen LogP contribution >= 0.6 is 7.60 Å². The topological polar surface area (TPSA) is 122 Å². The molecule has 0 aliphatic heterocycles. The first-order valence-electron chi connectivity index (χ1n) is 13.0. The van der Waals surface area contributed by atoms with Crippen LogP contribution in [-0.4, -0.2) is 49.3 Å². The van der Waals surface area contributed by atoms with Crippen LogP contribution in [0.3, 0.4) is 0 Å². The fraction of sp³-hybridized carbons (Fsp3) is 0.760. The van der Waals surface area contributed by atoms with E-state index in [0.29, 0.717) is 12.8 Å². The van der Waals surface area contributed by atoms with Gasteiger partial charge in [-0.2, -0.15) is 0 Å². The SMILES string of the molecule is CCCCCCCCCCS(=O)(=O)N[C@H](CCCC)COP(=O)(O)C(O)COCc1ccccc1. The molecule has 0 bridgehead atoms. The van der Waals surface area contributed by atoms with Crippen molar-refractivity contribution in [3.8, 4) is 0 Å². The maximum atomic E-state index is 12.5. The van der Waals surface area contributed by atoms with Gasteiger partial charge < -0.3 is 19.3 Å². The van der Waals surface area contributed by atoms with Gasteiger partial charge in [-0.3, -0.25) is 4.57 Å². The van der Waals surface area contributed by atoms with Crippen LogP contribution in [-0.2, 0) is 30.5 Å². The van der Waals surface area contributed by atoms with Crippen molar-refractivity contribution in [2.45, 2.75) is 103 Å². The molecular weight excluding hydrogens is 489 g/mol. The predicted octanol–water partition coefficient (Wildman–Crippen LogP) is 5.34. The number of nitrogens with one attached hydrogen (secondary N) is 1. The summed E-state index contributed by atoms with van der Waals surface area (Å²) in [5.74, 6) is -1.69. The zero-order chi connectivity index (χ0) is 26.0. The van der Waals surface area contributed by atoms with E-state index < -0.39 is 29.5 Å². The summed E-state index contributed by atoms with van der Waals surface area (Å²) in [5.41, 5.74) is 0.874. The Morgan fingerprint density at radius 1 is 0.914 bits per heavy atom. The van der Waals surface area contributed by atoms with Crippen LogP contribution in [0.2, 0.25) is 0 Å². The zero-order valence-electron chi connectivity index (χ0n) is 21.4. The molecule has 0 aliphatic carbocycles. The van der Waals surface area contributed by atoms with Gasteiger partial charge in [0.25, 0.3) is 0 Å². The minimum atomic E-state index is -4.40. The highest BCUT2D eigenvalue weighted by molar-refractivity contribution is 7.89. The minimum absolute atomic E-state index is 0.0251. The molecule has 204 valence electrons. The van der Waals surface area contributed by atoms with Crippen molar-refractivity contribution in [1.82, 2.24) is 4.72 Å². The maximum Gasteiger partial charge on any atom is 0.358 e. The van der Waals surface area contributed by atoms with Crippen molar-refractivity contribution >= 4 is 17.6 Å². The third-order valence-electron chi connectivity index (χ3n) is 5.73. The number of rotatable bonds is 22. The van der Waals surface area contributed by atoms with Gasteiger partial charge in [0.15, 0.2) is 5.85 Å². The average Bonchev–Trinajstić information content (AvgIpc) is 2.83. The van der Waals surface area contributed by atoms with Gasteiger partial charge in [0, 0.05) is 6.04 Å². The molecule has 3 N–H and O–H groups in total. The second-order valence-corrected chi connectivity index (χ2v) is 12.9. The van der Waals surface area contributed by atoms with E-state index in [2.05, 4.69) is 11.6 Å². The number of hydrogen-bond acceptors (Lipinski definition) is 6. The lowest BCUT2D eigenvalue weighted by Gasteiger charge is -2.23. The Bertz CT molecular complexity index is 807. The largest absolute Gasteiger partial charge is 0.378 e. The van der Waals surface area contributed by atoms with E-state index in [4.69, 9.17) is 9.26 Å². The molecule has 0 aromatic heterocycles. The highest BCUT2D eigenvalue weighted by atomic mass is 32.2. The Morgan fingerprint density at radius 2 is 1.51 bits per heavy atom. The first-order chi connectivity index (χ1) is 16.7. The third-order valence-corrected chi connectivity index (χ3v) is 8.67. The molecule has 2 unspecified atom stereocenters. The first-order valence-corrected chi connectivity index (χ1v) is 16.3. The zero-order valence-corrected chi connectivity index (χ0v) is 23.2. The van der Waals surface area contributed by atoms with E-state index in [1.165, 1.54) is 25.7 Å². The van der Waals surface area contributed by atoms with E-state index in [1.54, 1.807) is 0 Å². The van der Waals surface area contributed by atoms with E-state index in [0.717, 1.165) is 37.7 Å². The summed E-state index contributed by atoms with van der Waals surface area (Å²) in [6, 6.07) is 8.63. The van der Waals surface area contributed by atoms with Crippen molar-refractivity contribution in [3.05, 3.63) is 35.9 Å². The smallest absolute Gasteiger partial charge is 0.358 e. The lowest BCUT2D eigenvalue weighted by Crippen LogP contribution is -2.39. The van der Waals surface area contributed by atoms with Crippen molar-refractivity contribution < 1.29 is 32.2 Å². The number of ether oxygens (including phenoxy) is 1. The molecule has 10 heteroatoms. The molecule has 3 atom stereocenters. The van der Waals surface area contributed by atoms with Gasteiger partial charge >= 0.3 is 7.60 Å². The van der Waals surface area contributed by atoms with Gasteiger partial charge in [-0.05, 0) is 18.4 Å². The van der Waals surface area contributed by atoms with Crippen LogP contribution in [0.1, 0.15) is 90.0 Å². The number of sulfonamides is 1. The van der Waals surface area contributed by atoms with Crippen LogP contribution in [0, 0.1) is 0 Å². The summed E-state index contributed by atoms with van der Waals surface area (Å²) in [6.07, 6.45) is 10.6. The van der Waals surface area contributed by atoms with Gasteiger partial charge in [-0.25, -0.2) is 13.1 Å². The number of unbranched alkanes of at least 4 members (excludes halogenated alkanes) is 8. The Balaban J connectivity index is 2.43. The molecule has 0 heterocycles. The highest BCUT2D eigenvalue weighted by Crippen LogP contribution is 2.46. The normalized spacial score (nSPS) is 15.5. The second kappa shape index (κ2) is 18.4.